The van der Waals surface area contributed by atoms with Crippen molar-refractivity contribution in [2.75, 3.05) is 26.8 Å². The summed E-state index contributed by atoms with van der Waals surface area (Å²) in [6.45, 7) is 1.24. The zero-order valence-corrected chi connectivity index (χ0v) is 7.56. The molecule has 0 aliphatic carbocycles. The molecule has 1 saturated heterocycles. The van der Waals surface area contributed by atoms with Gasteiger partial charge in [-0.15, -0.1) is 0 Å². The van der Waals surface area contributed by atoms with E-state index in [0.717, 1.165) is 0 Å². The molecule has 13 heavy (non-hydrogen) atoms. The van der Waals surface area contributed by atoms with Gasteiger partial charge in [-0.05, 0) is 0 Å². The number of likely N-dealkylation sites (tertiary alicyclic amines) is 1. The van der Waals surface area contributed by atoms with Gasteiger partial charge in [0, 0.05) is 20.2 Å². The van der Waals surface area contributed by atoms with Crippen molar-refractivity contribution >= 4 is 5.91 Å². The molecule has 5 nitrogen and oxygen atoms in total. The molecule has 0 aromatic heterocycles. The molecular formula is C8H13N3O2. The van der Waals surface area contributed by atoms with Crippen LogP contribution in [0.2, 0.25) is 0 Å². The van der Waals surface area contributed by atoms with Crippen LogP contribution in [0.5, 0.6) is 0 Å². The summed E-state index contributed by atoms with van der Waals surface area (Å²) >= 11 is 0. The summed E-state index contributed by atoms with van der Waals surface area (Å²) in [4.78, 5) is 13.0. The van der Waals surface area contributed by atoms with Crippen molar-refractivity contribution in [1.82, 2.24) is 4.90 Å². The van der Waals surface area contributed by atoms with Crippen molar-refractivity contribution < 1.29 is 9.53 Å². The first kappa shape index (κ1) is 9.96. The van der Waals surface area contributed by atoms with Crippen molar-refractivity contribution in [1.29, 1.82) is 5.26 Å². The van der Waals surface area contributed by atoms with Gasteiger partial charge in [-0.1, -0.05) is 0 Å². The fraction of sp³-hybridized carbons (Fsp3) is 0.750. The summed E-state index contributed by atoms with van der Waals surface area (Å²) in [7, 11) is 1.50. The van der Waals surface area contributed by atoms with Crippen LogP contribution >= 0.6 is 0 Å². The Kier molecular flexibility index (Phi) is 3.23. The molecule has 2 N–H and O–H groups in total. The van der Waals surface area contributed by atoms with E-state index in [1.807, 2.05) is 0 Å². The van der Waals surface area contributed by atoms with Gasteiger partial charge in [-0.25, -0.2) is 0 Å². The highest BCUT2D eigenvalue weighted by atomic mass is 16.5. The molecule has 0 saturated carbocycles. The van der Waals surface area contributed by atoms with E-state index in [-0.39, 0.29) is 18.4 Å². The van der Waals surface area contributed by atoms with Gasteiger partial charge in [0.05, 0.1) is 18.6 Å². The minimum atomic E-state index is -0.593. The summed E-state index contributed by atoms with van der Waals surface area (Å²) in [5.41, 5.74) is 5.53. The van der Waals surface area contributed by atoms with E-state index in [2.05, 4.69) is 6.07 Å². The van der Waals surface area contributed by atoms with Crippen LogP contribution in [-0.4, -0.2) is 43.7 Å². The van der Waals surface area contributed by atoms with Crippen LogP contribution in [0.4, 0.5) is 0 Å². The molecular weight excluding hydrogens is 170 g/mol. The molecule has 0 radical (unpaired) electrons. The molecule has 1 aliphatic heterocycles. The Morgan fingerprint density at radius 1 is 1.85 bits per heavy atom. The smallest absolute Gasteiger partial charge is 0.241 e. The van der Waals surface area contributed by atoms with E-state index in [4.69, 9.17) is 15.7 Å². The molecule has 1 rings (SSSR count). The highest BCUT2D eigenvalue weighted by Crippen LogP contribution is 2.14. The van der Waals surface area contributed by atoms with E-state index < -0.39 is 6.04 Å². The van der Waals surface area contributed by atoms with Gasteiger partial charge >= 0.3 is 0 Å². The van der Waals surface area contributed by atoms with Crippen molar-refractivity contribution in [3.8, 4) is 6.07 Å². The maximum Gasteiger partial charge on any atom is 0.241 e. The van der Waals surface area contributed by atoms with Crippen molar-refractivity contribution in [2.24, 2.45) is 11.7 Å². The van der Waals surface area contributed by atoms with Crippen LogP contribution in [0.3, 0.4) is 0 Å². The Labute approximate surface area is 77.1 Å². The number of amides is 1. The van der Waals surface area contributed by atoms with Gasteiger partial charge < -0.3 is 15.4 Å². The number of nitrogens with zero attached hydrogens (tertiary/aromatic N) is 2. The van der Waals surface area contributed by atoms with Gasteiger partial charge in [0.1, 0.15) is 6.04 Å². The first-order chi connectivity index (χ1) is 6.19. The SMILES string of the molecule is COC[C@@H](N)C(=O)N1CC(C#N)C1. The third-order valence-electron chi connectivity index (χ3n) is 2.04. The molecule has 0 aromatic carbocycles. The fourth-order valence-corrected chi connectivity index (χ4v) is 1.23. The maximum absolute atomic E-state index is 11.4. The Morgan fingerprint density at radius 3 is 2.92 bits per heavy atom. The van der Waals surface area contributed by atoms with E-state index in [9.17, 15) is 4.79 Å². The highest BCUT2D eigenvalue weighted by molar-refractivity contribution is 5.82. The summed E-state index contributed by atoms with van der Waals surface area (Å²) in [5, 5.41) is 8.48. The lowest BCUT2D eigenvalue weighted by Crippen LogP contribution is -2.55. The van der Waals surface area contributed by atoms with Crippen LogP contribution in [0.25, 0.3) is 0 Å². The minimum absolute atomic E-state index is 0.0151. The second-order valence-electron chi connectivity index (χ2n) is 3.13. The average molecular weight is 183 g/mol. The third kappa shape index (κ3) is 2.17. The number of carbonyl (C=O) groups is 1. The normalized spacial score (nSPS) is 19.0. The Balaban J connectivity index is 2.31. The predicted molar refractivity (Wildman–Crippen MR) is 45.5 cm³/mol. The largest absolute Gasteiger partial charge is 0.383 e. The molecule has 0 aromatic rings. The first-order valence-electron chi connectivity index (χ1n) is 4.12. The van der Waals surface area contributed by atoms with Gasteiger partial charge in [0.2, 0.25) is 5.91 Å². The van der Waals surface area contributed by atoms with E-state index in [1.54, 1.807) is 4.90 Å². The lowest BCUT2D eigenvalue weighted by Gasteiger charge is -2.36. The molecule has 1 atom stereocenters. The third-order valence-corrected chi connectivity index (χ3v) is 2.04. The van der Waals surface area contributed by atoms with Crippen LogP contribution in [-0.2, 0) is 9.53 Å². The number of methoxy groups -OCH3 is 1. The van der Waals surface area contributed by atoms with Crippen LogP contribution < -0.4 is 5.73 Å². The monoisotopic (exact) mass is 183 g/mol. The molecule has 1 fully saturated rings. The predicted octanol–water partition coefficient (Wildman–Crippen LogP) is -1.06. The van der Waals surface area contributed by atoms with Crippen molar-refractivity contribution in [2.45, 2.75) is 6.04 Å². The zero-order chi connectivity index (χ0) is 9.84. The second-order valence-corrected chi connectivity index (χ2v) is 3.13. The number of carbonyl (C=O) groups excluding carboxylic acids is 1. The molecule has 0 spiro atoms. The maximum atomic E-state index is 11.4. The molecule has 0 bridgehead atoms. The lowest BCUT2D eigenvalue weighted by molar-refractivity contribution is -0.138. The molecule has 1 aliphatic rings. The molecule has 5 heteroatoms. The fourth-order valence-electron chi connectivity index (χ4n) is 1.23. The first-order valence-corrected chi connectivity index (χ1v) is 4.12. The van der Waals surface area contributed by atoms with Gasteiger partial charge in [0.25, 0.3) is 0 Å². The van der Waals surface area contributed by atoms with Crippen LogP contribution in [0.15, 0.2) is 0 Å². The molecule has 72 valence electrons. The molecule has 0 unspecified atom stereocenters. The van der Waals surface area contributed by atoms with Gasteiger partial charge in [-0.2, -0.15) is 5.26 Å². The topological polar surface area (TPSA) is 79.3 Å². The Bertz CT molecular complexity index is 230. The van der Waals surface area contributed by atoms with Gasteiger partial charge in [-0.3, -0.25) is 4.79 Å². The second kappa shape index (κ2) is 4.21. The Hall–Kier alpha value is -1.12. The summed E-state index contributed by atoms with van der Waals surface area (Å²) in [5.74, 6) is -0.146. The average Bonchev–Trinajstić information content (AvgIpc) is 2.02. The van der Waals surface area contributed by atoms with Crippen molar-refractivity contribution in [3.63, 3.8) is 0 Å². The minimum Gasteiger partial charge on any atom is -0.383 e. The summed E-state index contributed by atoms with van der Waals surface area (Å²) < 4.78 is 4.76. The van der Waals surface area contributed by atoms with Gasteiger partial charge in [0.15, 0.2) is 0 Å². The van der Waals surface area contributed by atoms with Crippen LogP contribution in [0, 0.1) is 17.2 Å². The van der Waals surface area contributed by atoms with Crippen molar-refractivity contribution in [3.05, 3.63) is 0 Å². The number of rotatable bonds is 3. The highest BCUT2D eigenvalue weighted by Gasteiger charge is 2.32. The van der Waals surface area contributed by atoms with E-state index in [1.165, 1.54) is 7.11 Å². The van der Waals surface area contributed by atoms with E-state index >= 15 is 0 Å². The zero-order valence-electron chi connectivity index (χ0n) is 7.56. The standard InChI is InChI=1S/C8H13N3O2/c1-13-5-7(10)8(12)11-3-6(2-9)4-11/h6-7H,3-5,10H2,1H3/t7-/m1/s1. The summed E-state index contributed by atoms with van der Waals surface area (Å²) in [6, 6.07) is 1.50. The molecule has 1 amide bonds. The Morgan fingerprint density at radius 2 is 2.46 bits per heavy atom. The quantitative estimate of drug-likeness (QED) is 0.605. The number of nitrogens with two attached hydrogens (primary N) is 1. The molecule has 1 heterocycles. The van der Waals surface area contributed by atoms with E-state index in [0.29, 0.717) is 13.1 Å². The number of ether oxygens (including phenoxy) is 1. The van der Waals surface area contributed by atoms with Crippen LogP contribution in [0.1, 0.15) is 0 Å². The lowest BCUT2D eigenvalue weighted by atomic mass is 10.0. The number of hydrogen-bond acceptors (Lipinski definition) is 4. The summed E-state index contributed by atoms with van der Waals surface area (Å²) in [6.07, 6.45) is 0. The number of nitriles is 1. The number of hydrogen-bond donors (Lipinski definition) is 1.